The molecule has 1 heterocycles. The van der Waals surface area contributed by atoms with E-state index in [0.717, 1.165) is 12.8 Å². The average Bonchev–Trinajstić information content (AvgIpc) is 2.51. The molecule has 0 aliphatic heterocycles. The Morgan fingerprint density at radius 1 is 1.54 bits per heavy atom. The third-order valence-electron chi connectivity index (χ3n) is 2.63. The largest absolute Gasteiger partial charge is 0.324 e. The van der Waals surface area contributed by atoms with Gasteiger partial charge in [0.2, 0.25) is 0 Å². The fourth-order valence-corrected chi connectivity index (χ4v) is 1.97. The van der Waals surface area contributed by atoms with Crippen molar-refractivity contribution < 1.29 is 0 Å². The topological polar surface area (TPSA) is 43.8 Å². The first kappa shape index (κ1) is 8.75. The van der Waals surface area contributed by atoms with E-state index in [0.29, 0.717) is 0 Å². The molecule has 0 amide bonds. The molecule has 1 aliphatic carbocycles. The molecule has 2 rings (SSSR count). The minimum absolute atomic E-state index is 0.0810. The van der Waals surface area contributed by atoms with Crippen molar-refractivity contribution in [3.8, 4) is 0 Å². The molecule has 0 saturated heterocycles. The van der Waals surface area contributed by atoms with E-state index < -0.39 is 0 Å². The predicted molar refractivity (Wildman–Crippen MR) is 52.5 cm³/mol. The normalized spacial score (nSPS) is 22.0. The van der Waals surface area contributed by atoms with Gasteiger partial charge in [-0.05, 0) is 33.6 Å². The monoisotopic (exact) mass is 179 g/mol. The summed E-state index contributed by atoms with van der Waals surface area (Å²) >= 11 is 0. The Morgan fingerprint density at radius 2 is 2.23 bits per heavy atom. The van der Waals surface area contributed by atoms with Gasteiger partial charge in [-0.15, -0.1) is 0 Å². The molecule has 72 valence electrons. The van der Waals surface area contributed by atoms with Crippen molar-refractivity contribution in [2.45, 2.75) is 45.2 Å². The highest BCUT2D eigenvalue weighted by Crippen LogP contribution is 2.31. The van der Waals surface area contributed by atoms with Gasteiger partial charge in [-0.2, -0.15) is 5.10 Å². The van der Waals surface area contributed by atoms with Gasteiger partial charge in [-0.25, -0.2) is 0 Å². The number of nitrogens with zero attached hydrogens (tertiary/aromatic N) is 2. The maximum Gasteiger partial charge on any atom is 0.0546 e. The van der Waals surface area contributed by atoms with Gasteiger partial charge >= 0.3 is 0 Å². The molecule has 2 N–H and O–H groups in total. The smallest absolute Gasteiger partial charge is 0.0546 e. The molecule has 3 nitrogen and oxygen atoms in total. The van der Waals surface area contributed by atoms with E-state index in [1.165, 1.54) is 11.3 Å². The van der Waals surface area contributed by atoms with Crippen molar-refractivity contribution in [2.75, 3.05) is 0 Å². The second-order valence-corrected chi connectivity index (χ2v) is 4.77. The van der Waals surface area contributed by atoms with Crippen molar-refractivity contribution in [1.82, 2.24) is 9.78 Å². The summed E-state index contributed by atoms with van der Waals surface area (Å²) in [4.78, 5) is 0. The summed E-state index contributed by atoms with van der Waals surface area (Å²) in [7, 11) is 0. The van der Waals surface area contributed by atoms with Crippen molar-refractivity contribution in [2.24, 2.45) is 5.73 Å². The van der Waals surface area contributed by atoms with E-state index in [1.54, 1.807) is 0 Å². The molecule has 1 unspecified atom stereocenters. The van der Waals surface area contributed by atoms with Crippen LogP contribution in [-0.4, -0.2) is 9.78 Å². The zero-order valence-corrected chi connectivity index (χ0v) is 8.54. The molecule has 1 aromatic rings. The second kappa shape index (κ2) is 2.58. The third kappa shape index (κ3) is 1.27. The van der Waals surface area contributed by atoms with E-state index in [4.69, 9.17) is 5.73 Å². The van der Waals surface area contributed by atoms with Crippen LogP contribution >= 0.6 is 0 Å². The van der Waals surface area contributed by atoms with Gasteiger partial charge in [0.1, 0.15) is 0 Å². The van der Waals surface area contributed by atoms with Gasteiger partial charge < -0.3 is 5.73 Å². The zero-order chi connectivity index (χ0) is 9.64. The first-order valence-corrected chi connectivity index (χ1v) is 4.83. The van der Waals surface area contributed by atoms with Crippen LogP contribution in [0.25, 0.3) is 0 Å². The number of fused-ring (bicyclic) bond motifs is 1. The van der Waals surface area contributed by atoms with Crippen LogP contribution in [0.3, 0.4) is 0 Å². The van der Waals surface area contributed by atoms with Gasteiger partial charge in [0.05, 0.1) is 11.7 Å². The molecule has 1 atom stereocenters. The molecule has 0 spiro atoms. The summed E-state index contributed by atoms with van der Waals surface area (Å²) < 4.78 is 2.11. The van der Waals surface area contributed by atoms with Gasteiger partial charge in [-0.1, -0.05) is 0 Å². The van der Waals surface area contributed by atoms with Crippen LogP contribution in [0.5, 0.6) is 0 Å². The number of hydrogen-bond donors (Lipinski definition) is 1. The molecule has 1 aromatic heterocycles. The van der Waals surface area contributed by atoms with E-state index >= 15 is 0 Å². The fraction of sp³-hybridized carbons (Fsp3) is 0.700. The Kier molecular flexibility index (Phi) is 1.74. The molecule has 0 radical (unpaired) electrons. The summed E-state index contributed by atoms with van der Waals surface area (Å²) in [6.45, 7) is 6.51. The maximum absolute atomic E-state index is 5.95. The Bertz CT molecular complexity index is 319. The molecule has 3 heteroatoms. The van der Waals surface area contributed by atoms with E-state index in [9.17, 15) is 0 Å². The Hall–Kier alpha value is -0.830. The lowest BCUT2D eigenvalue weighted by Gasteiger charge is -2.21. The highest BCUT2D eigenvalue weighted by atomic mass is 15.3. The molecule has 0 fully saturated rings. The number of hydrogen-bond acceptors (Lipinski definition) is 2. The SMILES string of the molecule is CC(C)(C)n1ncc2c1CCC2N. The second-order valence-electron chi connectivity index (χ2n) is 4.77. The van der Waals surface area contributed by atoms with Crippen LogP contribution < -0.4 is 5.73 Å². The standard InChI is InChI=1S/C10H17N3/c1-10(2,3)13-9-5-4-8(11)7(9)6-12-13/h6,8H,4-5,11H2,1-3H3. The number of rotatable bonds is 0. The van der Waals surface area contributed by atoms with Gasteiger partial charge in [-0.3, -0.25) is 4.68 Å². The summed E-state index contributed by atoms with van der Waals surface area (Å²) in [5, 5.41) is 4.40. The van der Waals surface area contributed by atoms with Crippen LogP contribution in [0.1, 0.15) is 44.5 Å². The summed E-state index contributed by atoms with van der Waals surface area (Å²) in [6.07, 6.45) is 4.08. The van der Waals surface area contributed by atoms with Gasteiger partial charge in [0.15, 0.2) is 0 Å². The first-order valence-electron chi connectivity index (χ1n) is 4.83. The molecule has 1 aliphatic rings. The first-order chi connectivity index (χ1) is 6.00. The molecule has 0 bridgehead atoms. The quantitative estimate of drug-likeness (QED) is 0.657. The van der Waals surface area contributed by atoms with E-state index in [2.05, 4.69) is 30.6 Å². The average molecular weight is 179 g/mol. The Morgan fingerprint density at radius 3 is 2.85 bits per heavy atom. The lowest BCUT2D eigenvalue weighted by molar-refractivity contribution is 0.344. The van der Waals surface area contributed by atoms with Crippen LogP contribution in [0.4, 0.5) is 0 Å². The number of nitrogens with two attached hydrogens (primary N) is 1. The van der Waals surface area contributed by atoms with Crippen molar-refractivity contribution in [1.29, 1.82) is 0 Å². The Labute approximate surface area is 78.9 Å². The van der Waals surface area contributed by atoms with Crippen molar-refractivity contribution in [3.63, 3.8) is 0 Å². The lowest BCUT2D eigenvalue weighted by atomic mass is 10.1. The van der Waals surface area contributed by atoms with Gasteiger partial charge in [0.25, 0.3) is 0 Å². The fourth-order valence-electron chi connectivity index (χ4n) is 1.97. The van der Waals surface area contributed by atoms with Crippen LogP contribution in [0.2, 0.25) is 0 Å². The molecular weight excluding hydrogens is 162 g/mol. The van der Waals surface area contributed by atoms with Crippen molar-refractivity contribution in [3.05, 3.63) is 17.5 Å². The predicted octanol–water partition coefficient (Wildman–Crippen LogP) is 1.58. The van der Waals surface area contributed by atoms with Crippen LogP contribution in [0, 0.1) is 0 Å². The molecular formula is C10H17N3. The number of aromatic nitrogens is 2. The summed E-state index contributed by atoms with van der Waals surface area (Å²) in [5.41, 5.74) is 8.61. The highest BCUT2D eigenvalue weighted by Gasteiger charge is 2.27. The maximum atomic E-state index is 5.95. The summed E-state index contributed by atoms with van der Waals surface area (Å²) in [5.74, 6) is 0. The van der Waals surface area contributed by atoms with Gasteiger partial charge in [0, 0.05) is 17.3 Å². The lowest BCUT2D eigenvalue weighted by Crippen LogP contribution is -2.24. The third-order valence-corrected chi connectivity index (χ3v) is 2.63. The minimum atomic E-state index is 0.0810. The zero-order valence-electron chi connectivity index (χ0n) is 8.54. The molecule has 13 heavy (non-hydrogen) atoms. The van der Waals surface area contributed by atoms with Crippen LogP contribution in [0.15, 0.2) is 6.20 Å². The Balaban J connectivity index is 2.47. The molecule has 0 aromatic carbocycles. The van der Waals surface area contributed by atoms with E-state index in [1.807, 2.05) is 6.20 Å². The summed E-state index contributed by atoms with van der Waals surface area (Å²) in [6, 6.07) is 0.214. The molecule has 0 saturated carbocycles. The minimum Gasteiger partial charge on any atom is -0.324 e. The van der Waals surface area contributed by atoms with E-state index in [-0.39, 0.29) is 11.6 Å². The van der Waals surface area contributed by atoms with Crippen LogP contribution in [-0.2, 0) is 12.0 Å². The highest BCUT2D eigenvalue weighted by molar-refractivity contribution is 5.27. The van der Waals surface area contributed by atoms with Crippen molar-refractivity contribution >= 4 is 0 Å².